The summed E-state index contributed by atoms with van der Waals surface area (Å²) < 4.78 is 14.2. The summed E-state index contributed by atoms with van der Waals surface area (Å²) in [4.78, 5) is 24.9. The number of carbonyl (C=O) groups is 2. The molecule has 3 atom stereocenters. The first-order valence-electron chi connectivity index (χ1n) is 8.30. The molecule has 3 aliphatic carbocycles. The van der Waals surface area contributed by atoms with E-state index in [9.17, 15) is 19.2 Å². The third-order valence-electron chi connectivity index (χ3n) is 6.31. The molecule has 3 aliphatic rings. The topological polar surface area (TPSA) is 81.7 Å². The van der Waals surface area contributed by atoms with Crippen LogP contribution in [0.3, 0.4) is 0 Å². The number of fused-ring (bicyclic) bond motifs is 3. The van der Waals surface area contributed by atoms with Crippen molar-refractivity contribution in [3.63, 3.8) is 0 Å². The summed E-state index contributed by atoms with van der Waals surface area (Å²) in [5.74, 6) is -0.786. The lowest BCUT2D eigenvalue weighted by molar-refractivity contribution is -0.130. The Hall–Kier alpha value is -2.53. The van der Waals surface area contributed by atoms with E-state index in [2.05, 4.69) is 0 Å². The third kappa shape index (κ3) is 2.09. The molecule has 0 aromatic carbocycles. The van der Waals surface area contributed by atoms with Crippen LogP contribution in [0.25, 0.3) is 0 Å². The number of ketones is 2. The zero-order valence-corrected chi connectivity index (χ0v) is 14.5. The normalized spacial score (nSPS) is 36.1. The summed E-state index contributed by atoms with van der Waals surface area (Å²) in [5.41, 5.74) is -1.98. The summed E-state index contributed by atoms with van der Waals surface area (Å²) in [6, 6.07) is 3.81. The molecule has 0 amide bonds. The number of hydrogen-bond acceptors (Lipinski definition) is 4. The average Bonchev–Trinajstić information content (AvgIpc) is 2.58. The van der Waals surface area contributed by atoms with Gasteiger partial charge in [-0.1, -0.05) is 26.8 Å². The second kappa shape index (κ2) is 5.23. The standard InChI is InChI=1S/C20H19FN2O2/c1-18(2)15-4-5-20(11-21)8-12(9-22)14(24)6-16(20)19(15,3)7-13(10-23)17(18)25/h6-8,15H,4-5,11H2,1-3H3/t15-,19?,20-/m0/s1. The first kappa shape index (κ1) is 17.3. The summed E-state index contributed by atoms with van der Waals surface area (Å²) in [5, 5.41) is 18.6. The molecule has 128 valence electrons. The Bertz CT molecular complexity index is 865. The summed E-state index contributed by atoms with van der Waals surface area (Å²) in [7, 11) is 0. The van der Waals surface area contributed by atoms with Gasteiger partial charge in [0.05, 0.1) is 11.1 Å². The van der Waals surface area contributed by atoms with Crippen LogP contribution in [-0.4, -0.2) is 18.2 Å². The highest BCUT2D eigenvalue weighted by atomic mass is 19.1. The maximum Gasteiger partial charge on any atom is 0.196 e. The fourth-order valence-corrected chi connectivity index (χ4v) is 5.07. The first-order chi connectivity index (χ1) is 11.7. The van der Waals surface area contributed by atoms with E-state index in [4.69, 9.17) is 5.26 Å². The Balaban J connectivity index is 2.28. The maximum absolute atomic E-state index is 14.2. The molecule has 4 nitrogen and oxygen atoms in total. The fourth-order valence-electron chi connectivity index (χ4n) is 5.07. The Morgan fingerprint density at radius 3 is 2.36 bits per heavy atom. The van der Waals surface area contributed by atoms with Gasteiger partial charge < -0.3 is 0 Å². The van der Waals surface area contributed by atoms with E-state index in [0.717, 1.165) is 0 Å². The van der Waals surface area contributed by atoms with Crippen LogP contribution in [0.1, 0.15) is 33.6 Å². The predicted molar refractivity (Wildman–Crippen MR) is 88.5 cm³/mol. The highest BCUT2D eigenvalue weighted by molar-refractivity contribution is 6.09. The Morgan fingerprint density at radius 2 is 1.80 bits per heavy atom. The molecule has 3 rings (SSSR count). The zero-order chi connectivity index (χ0) is 18.6. The van der Waals surface area contributed by atoms with Crippen LogP contribution in [0, 0.1) is 44.8 Å². The molecule has 5 heteroatoms. The molecule has 1 saturated carbocycles. The van der Waals surface area contributed by atoms with E-state index in [1.54, 1.807) is 6.08 Å². The van der Waals surface area contributed by atoms with E-state index in [0.29, 0.717) is 18.4 Å². The SMILES string of the molecule is CC1(C)C(=O)C(C#N)=CC2(C)C3=CC(=O)C(C#N)=C[C@]3(CF)CC[C@@H]12. The molecule has 0 bridgehead atoms. The molecule has 0 aliphatic heterocycles. The number of allylic oxidation sites excluding steroid dienone is 6. The molecular weight excluding hydrogens is 319 g/mol. The van der Waals surface area contributed by atoms with Crippen molar-refractivity contribution in [3.05, 3.63) is 34.9 Å². The quantitative estimate of drug-likeness (QED) is 0.734. The zero-order valence-electron chi connectivity index (χ0n) is 14.5. The highest BCUT2D eigenvalue weighted by Crippen LogP contribution is 2.63. The van der Waals surface area contributed by atoms with Crippen molar-refractivity contribution >= 4 is 11.6 Å². The molecule has 0 radical (unpaired) electrons. The van der Waals surface area contributed by atoms with E-state index in [1.807, 2.05) is 32.9 Å². The van der Waals surface area contributed by atoms with Gasteiger partial charge in [0.1, 0.15) is 18.8 Å². The molecule has 0 saturated heterocycles. The number of halogens is 1. The van der Waals surface area contributed by atoms with Gasteiger partial charge in [0.25, 0.3) is 0 Å². The summed E-state index contributed by atoms with van der Waals surface area (Å²) in [6.45, 7) is 4.78. The Labute approximate surface area is 146 Å². The van der Waals surface area contributed by atoms with Crippen LogP contribution in [0.4, 0.5) is 4.39 Å². The van der Waals surface area contributed by atoms with Gasteiger partial charge in [-0.15, -0.1) is 0 Å². The number of Topliss-reactive ketones (excluding diaryl/α,β-unsaturated/α-hetero) is 1. The molecule has 0 spiro atoms. The Morgan fingerprint density at radius 1 is 1.16 bits per heavy atom. The minimum atomic E-state index is -1.02. The predicted octanol–water partition coefficient (Wildman–Crippen LogP) is 3.38. The van der Waals surface area contributed by atoms with Gasteiger partial charge in [-0.3, -0.25) is 9.59 Å². The summed E-state index contributed by atoms with van der Waals surface area (Å²) >= 11 is 0. The van der Waals surface area contributed by atoms with E-state index >= 15 is 0 Å². The van der Waals surface area contributed by atoms with Crippen LogP contribution >= 0.6 is 0 Å². The number of rotatable bonds is 1. The number of nitrogens with zero attached hydrogens (tertiary/aromatic N) is 2. The molecule has 25 heavy (non-hydrogen) atoms. The van der Waals surface area contributed by atoms with Crippen molar-refractivity contribution in [2.75, 3.05) is 6.67 Å². The lowest BCUT2D eigenvalue weighted by atomic mass is 9.45. The number of nitriles is 2. The van der Waals surface area contributed by atoms with Gasteiger partial charge in [-0.2, -0.15) is 10.5 Å². The smallest absolute Gasteiger partial charge is 0.196 e. The molecule has 0 heterocycles. The molecule has 0 aromatic heterocycles. The molecular formula is C20H19FN2O2. The maximum atomic E-state index is 14.2. The number of hydrogen-bond donors (Lipinski definition) is 0. The van der Waals surface area contributed by atoms with E-state index in [-0.39, 0.29) is 22.8 Å². The molecule has 1 unspecified atom stereocenters. The molecule has 0 N–H and O–H groups in total. The molecule has 0 aromatic rings. The third-order valence-corrected chi connectivity index (χ3v) is 6.31. The van der Waals surface area contributed by atoms with Crippen LogP contribution in [0.5, 0.6) is 0 Å². The first-order valence-corrected chi connectivity index (χ1v) is 8.30. The van der Waals surface area contributed by atoms with Crippen LogP contribution < -0.4 is 0 Å². The number of carbonyl (C=O) groups excluding carboxylic acids is 2. The average molecular weight is 338 g/mol. The van der Waals surface area contributed by atoms with Gasteiger partial charge in [0.15, 0.2) is 11.6 Å². The van der Waals surface area contributed by atoms with Gasteiger partial charge in [0, 0.05) is 16.2 Å². The van der Waals surface area contributed by atoms with Gasteiger partial charge in [-0.25, -0.2) is 4.39 Å². The van der Waals surface area contributed by atoms with Crippen molar-refractivity contribution in [1.29, 1.82) is 10.5 Å². The highest BCUT2D eigenvalue weighted by Gasteiger charge is 2.59. The van der Waals surface area contributed by atoms with Crippen molar-refractivity contribution in [3.8, 4) is 12.1 Å². The summed E-state index contributed by atoms with van der Waals surface area (Å²) in [6.07, 6.45) is 5.44. The lowest BCUT2D eigenvalue weighted by Crippen LogP contribution is -2.54. The largest absolute Gasteiger partial charge is 0.293 e. The van der Waals surface area contributed by atoms with Crippen LogP contribution in [0.15, 0.2) is 34.9 Å². The second-order valence-electron chi connectivity index (χ2n) is 7.98. The van der Waals surface area contributed by atoms with Gasteiger partial charge >= 0.3 is 0 Å². The minimum absolute atomic E-state index is 0.0425. The van der Waals surface area contributed by atoms with Crippen molar-refractivity contribution in [2.45, 2.75) is 33.6 Å². The van der Waals surface area contributed by atoms with Crippen molar-refractivity contribution in [1.82, 2.24) is 0 Å². The monoisotopic (exact) mass is 338 g/mol. The fraction of sp³-hybridized carbons (Fsp3) is 0.500. The van der Waals surface area contributed by atoms with E-state index in [1.165, 1.54) is 12.2 Å². The van der Waals surface area contributed by atoms with E-state index < -0.39 is 28.7 Å². The van der Waals surface area contributed by atoms with Crippen molar-refractivity contribution < 1.29 is 14.0 Å². The van der Waals surface area contributed by atoms with Gasteiger partial charge in [0.2, 0.25) is 0 Å². The lowest BCUT2D eigenvalue weighted by Gasteiger charge is -2.57. The van der Waals surface area contributed by atoms with Gasteiger partial charge in [-0.05, 0) is 36.5 Å². The van der Waals surface area contributed by atoms with Crippen molar-refractivity contribution in [2.24, 2.45) is 22.2 Å². The van der Waals surface area contributed by atoms with Crippen LogP contribution in [-0.2, 0) is 9.59 Å². The number of alkyl halides is 1. The second-order valence-corrected chi connectivity index (χ2v) is 7.98. The van der Waals surface area contributed by atoms with Crippen LogP contribution in [0.2, 0.25) is 0 Å². The minimum Gasteiger partial charge on any atom is -0.293 e. The molecule has 1 fully saturated rings. The Kier molecular flexibility index (Phi) is 3.62.